The van der Waals surface area contributed by atoms with Gasteiger partial charge in [-0.1, -0.05) is 56.2 Å². The van der Waals surface area contributed by atoms with E-state index in [1.54, 1.807) is 0 Å². The average molecular weight is 400 g/mol. The monoisotopic (exact) mass is 399 g/mol. The number of allylic oxidation sites excluding steroid dienone is 1. The van der Waals surface area contributed by atoms with Gasteiger partial charge in [-0.15, -0.1) is 6.58 Å². The van der Waals surface area contributed by atoms with E-state index in [9.17, 15) is 9.59 Å². The fraction of sp³-hybridized carbons (Fsp3) is 0.600. The Balaban J connectivity index is 1.93. The zero-order valence-electron chi connectivity index (χ0n) is 18.0. The molecule has 1 aromatic carbocycles. The average Bonchev–Trinajstić information content (AvgIpc) is 3.14. The van der Waals surface area contributed by atoms with Gasteiger partial charge in [-0.05, 0) is 50.5 Å². The van der Waals surface area contributed by atoms with Gasteiger partial charge in [-0.25, -0.2) is 4.79 Å². The lowest BCUT2D eigenvalue weighted by atomic mass is 10.0. The second kappa shape index (κ2) is 13.2. The van der Waals surface area contributed by atoms with E-state index in [0.29, 0.717) is 25.2 Å². The first kappa shape index (κ1) is 23.2. The summed E-state index contributed by atoms with van der Waals surface area (Å²) >= 11 is 0. The number of Topliss-reactive ketones (excluding diaryl/α,β-unsaturated/α-hetero) is 1. The Labute approximate surface area is 176 Å². The summed E-state index contributed by atoms with van der Waals surface area (Å²) in [4.78, 5) is 26.9. The van der Waals surface area contributed by atoms with Crippen molar-refractivity contribution >= 4 is 11.9 Å². The molecule has 1 saturated heterocycles. The third-order valence-electron chi connectivity index (χ3n) is 5.77. The van der Waals surface area contributed by atoms with Crippen molar-refractivity contribution in [2.45, 2.75) is 96.2 Å². The molecule has 1 amide bonds. The predicted octanol–water partition coefficient (Wildman–Crippen LogP) is 6.44. The minimum Gasteiger partial charge on any atom is -0.445 e. The van der Waals surface area contributed by atoms with E-state index in [4.69, 9.17) is 4.74 Å². The molecule has 4 nitrogen and oxygen atoms in total. The van der Waals surface area contributed by atoms with Gasteiger partial charge in [0.05, 0.1) is 0 Å². The number of likely N-dealkylation sites (tertiary alicyclic amines) is 1. The molecule has 0 aliphatic carbocycles. The Morgan fingerprint density at radius 1 is 1.07 bits per heavy atom. The lowest BCUT2D eigenvalue weighted by Crippen LogP contribution is -2.41. The van der Waals surface area contributed by atoms with Crippen molar-refractivity contribution in [2.75, 3.05) is 0 Å². The van der Waals surface area contributed by atoms with Crippen LogP contribution in [-0.2, 0) is 16.1 Å². The molecule has 0 radical (unpaired) electrons. The van der Waals surface area contributed by atoms with Crippen LogP contribution in [0.2, 0.25) is 0 Å². The maximum Gasteiger partial charge on any atom is 0.410 e. The summed E-state index contributed by atoms with van der Waals surface area (Å²) in [5.74, 6) is 0.304. The molecule has 2 atom stereocenters. The van der Waals surface area contributed by atoms with Gasteiger partial charge in [0.15, 0.2) is 0 Å². The molecule has 0 spiro atoms. The van der Waals surface area contributed by atoms with Crippen molar-refractivity contribution in [1.29, 1.82) is 0 Å². The van der Waals surface area contributed by atoms with E-state index in [1.165, 1.54) is 0 Å². The van der Waals surface area contributed by atoms with Crippen LogP contribution in [0.3, 0.4) is 0 Å². The number of unbranched alkanes of at least 4 members (excludes halogenated alkanes) is 3. The Kier molecular flexibility index (Phi) is 10.5. The summed E-state index contributed by atoms with van der Waals surface area (Å²) in [6, 6.07) is 10.1. The third-order valence-corrected chi connectivity index (χ3v) is 5.77. The maximum absolute atomic E-state index is 13.0. The van der Waals surface area contributed by atoms with E-state index in [0.717, 1.165) is 63.4 Å². The minimum atomic E-state index is -0.226. The number of rotatable bonds is 13. The van der Waals surface area contributed by atoms with Crippen LogP contribution in [0.1, 0.15) is 83.1 Å². The van der Waals surface area contributed by atoms with E-state index < -0.39 is 0 Å². The molecule has 2 rings (SSSR count). The molecule has 1 aromatic rings. The van der Waals surface area contributed by atoms with Crippen molar-refractivity contribution in [3.8, 4) is 0 Å². The zero-order valence-corrected chi connectivity index (χ0v) is 18.0. The maximum atomic E-state index is 13.0. The Morgan fingerprint density at radius 3 is 2.48 bits per heavy atom. The largest absolute Gasteiger partial charge is 0.445 e. The van der Waals surface area contributed by atoms with Crippen molar-refractivity contribution in [3.63, 3.8) is 0 Å². The summed E-state index contributed by atoms with van der Waals surface area (Å²) in [6.07, 6.45) is 12.1. The lowest BCUT2D eigenvalue weighted by Gasteiger charge is -2.30. The Bertz CT molecular complexity index is 628. The molecule has 29 heavy (non-hydrogen) atoms. The van der Waals surface area contributed by atoms with Crippen LogP contribution >= 0.6 is 0 Å². The summed E-state index contributed by atoms with van der Waals surface area (Å²) in [5, 5.41) is 0. The van der Waals surface area contributed by atoms with Gasteiger partial charge < -0.3 is 9.64 Å². The number of nitrogens with zero attached hydrogens (tertiary/aromatic N) is 1. The molecule has 160 valence electrons. The molecule has 0 N–H and O–H groups in total. The van der Waals surface area contributed by atoms with Crippen LogP contribution in [-0.4, -0.2) is 28.9 Å². The molecule has 4 heteroatoms. The second-order valence-electron chi connectivity index (χ2n) is 8.09. The summed E-state index contributed by atoms with van der Waals surface area (Å²) in [5.41, 5.74) is 0.996. The number of hydrogen-bond donors (Lipinski definition) is 0. The van der Waals surface area contributed by atoms with E-state index in [1.807, 2.05) is 48.2 Å². The topological polar surface area (TPSA) is 46.6 Å². The van der Waals surface area contributed by atoms with Crippen molar-refractivity contribution in [1.82, 2.24) is 4.90 Å². The molecular formula is C25H37NO3. The predicted molar refractivity (Wildman–Crippen MR) is 118 cm³/mol. The summed E-state index contributed by atoms with van der Waals surface area (Å²) in [7, 11) is 0. The Hall–Kier alpha value is -2.10. The summed E-state index contributed by atoms with van der Waals surface area (Å²) < 4.78 is 5.66. The standard InChI is InChI=1S/C25H37NO3/c1-3-5-6-7-11-15-22-16-17-23(18-19-24(27)12-4-2)26(22)25(28)29-20-21-13-9-8-10-14-21/h3,8-10,13-14,22-23H,1,4-7,11-12,15-20H2,2H3/t22-,23+/m1/s1. The zero-order chi connectivity index (χ0) is 20.9. The number of ketones is 1. The van der Waals surface area contributed by atoms with Crippen molar-refractivity contribution < 1.29 is 14.3 Å². The fourth-order valence-corrected chi connectivity index (χ4v) is 4.20. The lowest BCUT2D eigenvalue weighted by molar-refractivity contribution is -0.119. The highest BCUT2D eigenvalue weighted by Gasteiger charge is 2.37. The molecule has 0 saturated carbocycles. The normalized spacial score (nSPS) is 18.6. The highest BCUT2D eigenvalue weighted by Crippen LogP contribution is 2.31. The van der Waals surface area contributed by atoms with Crippen molar-refractivity contribution in [3.05, 3.63) is 48.6 Å². The van der Waals surface area contributed by atoms with Crippen LogP contribution in [0.4, 0.5) is 4.79 Å². The number of carbonyl (C=O) groups excluding carboxylic acids is 2. The number of benzene rings is 1. The first-order valence-electron chi connectivity index (χ1n) is 11.3. The fourth-order valence-electron chi connectivity index (χ4n) is 4.20. The van der Waals surface area contributed by atoms with E-state index >= 15 is 0 Å². The smallest absolute Gasteiger partial charge is 0.410 e. The number of carbonyl (C=O) groups is 2. The number of hydrogen-bond acceptors (Lipinski definition) is 3. The number of amides is 1. The second-order valence-corrected chi connectivity index (χ2v) is 8.09. The highest BCUT2D eigenvalue weighted by atomic mass is 16.6. The Morgan fingerprint density at radius 2 is 1.79 bits per heavy atom. The highest BCUT2D eigenvalue weighted by molar-refractivity contribution is 5.78. The van der Waals surface area contributed by atoms with E-state index in [-0.39, 0.29) is 18.2 Å². The molecule has 0 bridgehead atoms. The first-order chi connectivity index (χ1) is 14.2. The molecule has 1 aliphatic rings. The molecule has 1 fully saturated rings. The van der Waals surface area contributed by atoms with Gasteiger partial charge in [0.1, 0.15) is 12.4 Å². The van der Waals surface area contributed by atoms with Gasteiger partial charge in [0.25, 0.3) is 0 Å². The van der Waals surface area contributed by atoms with Crippen molar-refractivity contribution in [2.24, 2.45) is 0 Å². The first-order valence-corrected chi connectivity index (χ1v) is 11.3. The molecule has 0 aromatic heterocycles. The molecule has 1 aliphatic heterocycles. The van der Waals surface area contributed by atoms with Crippen LogP contribution in [0.15, 0.2) is 43.0 Å². The summed E-state index contributed by atoms with van der Waals surface area (Å²) in [6.45, 7) is 6.10. The molecule has 1 heterocycles. The van der Waals surface area contributed by atoms with Crippen LogP contribution in [0, 0.1) is 0 Å². The van der Waals surface area contributed by atoms with E-state index in [2.05, 4.69) is 6.58 Å². The SMILES string of the molecule is C=CCCCCC[C@@H]1CC[C@@H](CCC(=O)CCC)N1C(=O)OCc1ccccc1. The van der Waals surface area contributed by atoms with Gasteiger partial charge in [0.2, 0.25) is 0 Å². The molecule has 0 unspecified atom stereocenters. The number of ether oxygens (including phenoxy) is 1. The molecular weight excluding hydrogens is 362 g/mol. The van der Waals surface area contributed by atoms with Gasteiger partial charge in [-0.3, -0.25) is 4.79 Å². The van der Waals surface area contributed by atoms with Gasteiger partial charge in [-0.2, -0.15) is 0 Å². The minimum absolute atomic E-state index is 0.122. The van der Waals surface area contributed by atoms with Gasteiger partial charge in [0, 0.05) is 24.9 Å². The van der Waals surface area contributed by atoms with Crippen LogP contribution in [0.25, 0.3) is 0 Å². The van der Waals surface area contributed by atoms with Crippen LogP contribution in [0.5, 0.6) is 0 Å². The quantitative estimate of drug-likeness (QED) is 0.283. The van der Waals surface area contributed by atoms with Crippen LogP contribution < -0.4 is 0 Å². The van der Waals surface area contributed by atoms with Gasteiger partial charge >= 0.3 is 6.09 Å². The third kappa shape index (κ3) is 8.04.